The van der Waals surface area contributed by atoms with E-state index < -0.39 is 11.9 Å². The van der Waals surface area contributed by atoms with Crippen LogP contribution >= 0.6 is 0 Å². The van der Waals surface area contributed by atoms with Gasteiger partial charge in [0.15, 0.2) is 0 Å². The molecular formula is C14H17FN2O3. The van der Waals surface area contributed by atoms with Crippen LogP contribution < -0.4 is 5.32 Å². The quantitative estimate of drug-likeness (QED) is 0.889. The number of carboxylic acids is 1. The highest BCUT2D eigenvalue weighted by Crippen LogP contribution is 2.18. The lowest BCUT2D eigenvalue weighted by Crippen LogP contribution is -2.40. The fraction of sp³-hybridized carbons (Fsp3) is 0.429. The van der Waals surface area contributed by atoms with Crippen molar-refractivity contribution in [3.63, 3.8) is 0 Å². The van der Waals surface area contributed by atoms with Crippen molar-refractivity contribution >= 4 is 12.0 Å². The summed E-state index contributed by atoms with van der Waals surface area (Å²) in [6.07, 6.45) is 0.469. The van der Waals surface area contributed by atoms with Gasteiger partial charge in [-0.05, 0) is 31.0 Å². The normalized spacial score (nSPS) is 19.7. The summed E-state index contributed by atoms with van der Waals surface area (Å²) >= 11 is 0. The van der Waals surface area contributed by atoms with Gasteiger partial charge in [-0.15, -0.1) is 0 Å². The van der Waals surface area contributed by atoms with Crippen molar-refractivity contribution in [3.05, 3.63) is 35.6 Å². The average molecular weight is 280 g/mol. The molecule has 2 atom stereocenters. The molecule has 1 heterocycles. The van der Waals surface area contributed by atoms with E-state index in [0.717, 1.165) is 0 Å². The Morgan fingerprint density at radius 2 is 2.25 bits per heavy atom. The Kier molecular flexibility index (Phi) is 4.22. The Bertz CT molecular complexity index is 521. The average Bonchev–Trinajstić information content (AvgIpc) is 2.88. The third kappa shape index (κ3) is 3.26. The maximum atomic E-state index is 13.1. The predicted molar refractivity (Wildman–Crippen MR) is 70.7 cm³/mol. The van der Waals surface area contributed by atoms with Gasteiger partial charge in [0.25, 0.3) is 0 Å². The molecule has 0 radical (unpaired) electrons. The first kappa shape index (κ1) is 14.3. The molecule has 2 unspecified atom stereocenters. The van der Waals surface area contributed by atoms with Crippen molar-refractivity contribution in [3.8, 4) is 0 Å². The number of nitrogens with one attached hydrogen (secondary N) is 1. The molecule has 6 heteroatoms. The van der Waals surface area contributed by atoms with Gasteiger partial charge in [0.1, 0.15) is 5.82 Å². The van der Waals surface area contributed by atoms with E-state index >= 15 is 0 Å². The largest absolute Gasteiger partial charge is 0.481 e. The molecule has 1 saturated heterocycles. The fourth-order valence-electron chi connectivity index (χ4n) is 2.28. The Hall–Kier alpha value is -2.11. The van der Waals surface area contributed by atoms with E-state index in [-0.39, 0.29) is 24.4 Å². The Balaban J connectivity index is 1.93. The second-order valence-electron chi connectivity index (χ2n) is 5.00. The van der Waals surface area contributed by atoms with Gasteiger partial charge in [-0.1, -0.05) is 12.1 Å². The SMILES string of the molecule is CC(NC(=O)N1CCC(C(=O)O)C1)c1cccc(F)c1. The van der Waals surface area contributed by atoms with Crippen molar-refractivity contribution < 1.29 is 19.1 Å². The van der Waals surface area contributed by atoms with Gasteiger partial charge in [-0.2, -0.15) is 0 Å². The van der Waals surface area contributed by atoms with E-state index in [1.165, 1.54) is 17.0 Å². The third-order valence-corrected chi connectivity index (χ3v) is 3.51. The molecule has 0 aliphatic carbocycles. The number of halogens is 1. The molecule has 108 valence electrons. The van der Waals surface area contributed by atoms with E-state index in [1.54, 1.807) is 19.1 Å². The summed E-state index contributed by atoms with van der Waals surface area (Å²) in [6, 6.07) is 5.39. The maximum absolute atomic E-state index is 13.1. The molecule has 0 saturated carbocycles. The first-order valence-corrected chi connectivity index (χ1v) is 6.51. The highest BCUT2D eigenvalue weighted by molar-refractivity contribution is 5.77. The second kappa shape index (κ2) is 5.90. The van der Waals surface area contributed by atoms with E-state index in [1.807, 2.05) is 0 Å². The van der Waals surface area contributed by atoms with Crippen molar-refractivity contribution in [2.45, 2.75) is 19.4 Å². The number of hydrogen-bond acceptors (Lipinski definition) is 2. The number of amides is 2. The van der Waals surface area contributed by atoms with Crippen molar-refractivity contribution in [2.24, 2.45) is 5.92 Å². The summed E-state index contributed by atoms with van der Waals surface area (Å²) in [5.74, 6) is -1.72. The number of benzene rings is 1. The standard InChI is InChI=1S/C14H17FN2O3/c1-9(10-3-2-4-12(15)7-10)16-14(20)17-6-5-11(8-17)13(18)19/h2-4,7,9,11H,5-6,8H2,1H3,(H,16,20)(H,18,19). The number of nitrogens with zero attached hydrogens (tertiary/aromatic N) is 1. The number of rotatable bonds is 3. The van der Waals surface area contributed by atoms with Crippen LogP contribution in [-0.4, -0.2) is 35.1 Å². The van der Waals surface area contributed by atoms with Crippen molar-refractivity contribution in [2.75, 3.05) is 13.1 Å². The summed E-state index contributed by atoms with van der Waals surface area (Å²) in [5.41, 5.74) is 0.673. The minimum atomic E-state index is -0.876. The zero-order chi connectivity index (χ0) is 14.7. The summed E-state index contributed by atoms with van der Waals surface area (Å²) < 4.78 is 13.1. The molecule has 0 bridgehead atoms. The molecule has 5 nitrogen and oxygen atoms in total. The Morgan fingerprint density at radius 1 is 1.50 bits per heavy atom. The lowest BCUT2D eigenvalue weighted by atomic mass is 10.1. The monoisotopic (exact) mass is 280 g/mol. The molecular weight excluding hydrogens is 263 g/mol. The number of carbonyl (C=O) groups is 2. The van der Waals surface area contributed by atoms with E-state index in [0.29, 0.717) is 18.5 Å². The molecule has 2 amide bonds. The lowest BCUT2D eigenvalue weighted by Gasteiger charge is -2.21. The molecule has 1 fully saturated rings. The molecule has 1 aromatic carbocycles. The van der Waals surface area contributed by atoms with Crippen LogP contribution in [0.2, 0.25) is 0 Å². The zero-order valence-electron chi connectivity index (χ0n) is 11.2. The van der Waals surface area contributed by atoms with Crippen molar-refractivity contribution in [1.82, 2.24) is 10.2 Å². The first-order chi connectivity index (χ1) is 9.47. The summed E-state index contributed by atoms with van der Waals surface area (Å²) in [4.78, 5) is 24.3. The van der Waals surface area contributed by atoms with Crippen LogP contribution in [0.3, 0.4) is 0 Å². The minimum Gasteiger partial charge on any atom is -0.481 e. The van der Waals surface area contributed by atoms with Gasteiger partial charge in [0.2, 0.25) is 0 Å². The molecule has 1 aromatic rings. The van der Waals surface area contributed by atoms with E-state index in [2.05, 4.69) is 5.32 Å². The topological polar surface area (TPSA) is 69.6 Å². The lowest BCUT2D eigenvalue weighted by molar-refractivity contribution is -0.141. The Morgan fingerprint density at radius 3 is 2.85 bits per heavy atom. The summed E-state index contributed by atoms with van der Waals surface area (Å²) in [7, 11) is 0. The molecule has 1 aliphatic rings. The molecule has 1 aliphatic heterocycles. The number of urea groups is 1. The number of aliphatic carboxylic acids is 1. The summed E-state index contributed by atoms with van der Waals surface area (Å²) in [6.45, 7) is 2.41. The third-order valence-electron chi connectivity index (χ3n) is 3.51. The maximum Gasteiger partial charge on any atom is 0.317 e. The highest BCUT2D eigenvalue weighted by Gasteiger charge is 2.31. The zero-order valence-corrected chi connectivity index (χ0v) is 11.2. The van der Waals surface area contributed by atoms with Crippen LogP contribution in [0.15, 0.2) is 24.3 Å². The Labute approximate surface area is 116 Å². The van der Waals surface area contributed by atoms with Crippen LogP contribution in [0.5, 0.6) is 0 Å². The van der Waals surface area contributed by atoms with E-state index in [9.17, 15) is 14.0 Å². The second-order valence-corrected chi connectivity index (χ2v) is 5.00. The minimum absolute atomic E-state index is 0.219. The van der Waals surface area contributed by atoms with Gasteiger partial charge in [-0.3, -0.25) is 4.79 Å². The van der Waals surface area contributed by atoms with Crippen LogP contribution in [0, 0.1) is 11.7 Å². The van der Waals surface area contributed by atoms with Crippen LogP contribution in [0.1, 0.15) is 24.9 Å². The summed E-state index contributed by atoms with van der Waals surface area (Å²) in [5, 5.41) is 11.7. The molecule has 0 aromatic heterocycles. The van der Waals surface area contributed by atoms with E-state index in [4.69, 9.17) is 5.11 Å². The smallest absolute Gasteiger partial charge is 0.317 e. The fourth-order valence-corrected chi connectivity index (χ4v) is 2.28. The molecule has 2 rings (SSSR count). The van der Waals surface area contributed by atoms with Crippen LogP contribution in [-0.2, 0) is 4.79 Å². The van der Waals surface area contributed by atoms with Gasteiger partial charge in [-0.25, -0.2) is 9.18 Å². The number of likely N-dealkylation sites (tertiary alicyclic amines) is 1. The highest BCUT2D eigenvalue weighted by atomic mass is 19.1. The molecule has 2 N–H and O–H groups in total. The molecule has 20 heavy (non-hydrogen) atoms. The molecule has 0 spiro atoms. The predicted octanol–water partition coefficient (Wildman–Crippen LogP) is 2.00. The van der Waals surface area contributed by atoms with Crippen molar-refractivity contribution in [1.29, 1.82) is 0 Å². The number of hydrogen-bond donors (Lipinski definition) is 2. The van der Waals surface area contributed by atoms with Gasteiger partial charge >= 0.3 is 12.0 Å². The van der Waals surface area contributed by atoms with Gasteiger partial charge in [0, 0.05) is 13.1 Å². The van der Waals surface area contributed by atoms with Gasteiger partial charge < -0.3 is 15.3 Å². The number of carbonyl (C=O) groups excluding carboxylic acids is 1. The van der Waals surface area contributed by atoms with Crippen LogP contribution in [0.25, 0.3) is 0 Å². The number of carboxylic acid groups (broad SMARTS) is 1. The van der Waals surface area contributed by atoms with Crippen LogP contribution in [0.4, 0.5) is 9.18 Å². The first-order valence-electron chi connectivity index (χ1n) is 6.51. The van der Waals surface area contributed by atoms with Gasteiger partial charge in [0.05, 0.1) is 12.0 Å².